The minimum absolute atomic E-state index is 0. The smallest absolute Gasteiger partial charge is 0.137 e. The molecule has 1 N–H and O–H groups in total. The van der Waals surface area contributed by atoms with E-state index in [1.54, 1.807) is 11.3 Å². The Hall–Kier alpha value is -1.37. The van der Waals surface area contributed by atoms with Gasteiger partial charge in [-0.1, -0.05) is 31.2 Å². The van der Waals surface area contributed by atoms with E-state index in [1.165, 1.54) is 10.8 Å². The molecule has 7 heteroatoms. The zero-order chi connectivity index (χ0) is 17.2. The van der Waals surface area contributed by atoms with Gasteiger partial charge in [-0.15, -0.1) is 36.2 Å². The standard InChI is InChI=1S/C20H23N3OS.2ClH/c1-2-22-7-9-23(10-8-22)20-18-6-4-3-5-15(18)12-19(21-20)16-11-17(13-24)25-14-16;;/h3-6,11-12,14,24H,2,7-10,13H2,1H3;2*1H. The number of rotatable bonds is 4. The molecule has 3 heterocycles. The first kappa shape index (κ1) is 21.9. The van der Waals surface area contributed by atoms with E-state index >= 15 is 0 Å². The number of pyridine rings is 1. The fraction of sp³-hybridized carbons (Fsp3) is 0.350. The molecule has 1 aromatic carbocycles. The fourth-order valence-electron chi connectivity index (χ4n) is 3.44. The lowest BCUT2D eigenvalue weighted by Gasteiger charge is -2.35. The summed E-state index contributed by atoms with van der Waals surface area (Å²) in [6.45, 7) is 7.62. The minimum atomic E-state index is 0. The van der Waals surface area contributed by atoms with E-state index in [9.17, 15) is 5.11 Å². The Labute approximate surface area is 176 Å². The molecule has 4 rings (SSSR count). The van der Waals surface area contributed by atoms with Crippen LogP contribution in [0.3, 0.4) is 0 Å². The van der Waals surface area contributed by atoms with Crippen LogP contribution in [0.5, 0.6) is 0 Å². The van der Waals surface area contributed by atoms with Crippen molar-refractivity contribution >= 4 is 52.7 Å². The van der Waals surface area contributed by atoms with Crippen molar-refractivity contribution in [3.05, 3.63) is 46.7 Å². The Kier molecular flexibility index (Phi) is 7.89. The first-order valence-corrected chi connectivity index (χ1v) is 9.72. The molecule has 0 radical (unpaired) electrons. The molecule has 4 nitrogen and oxygen atoms in total. The highest BCUT2D eigenvalue weighted by Gasteiger charge is 2.20. The molecule has 1 aliphatic heterocycles. The zero-order valence-electron chi connectivity index (χ0n) is 15.3. The quantitative estimate of drug-likeness (QED) is 0.670. The molecule has 0 bridgehead atoms. The maximum Gasteiger partial charge on any atom is 0.137 e. The highest BCUT2D eigenvalue weighted by Crippen LogP contribution is 2.32. The Morgan fingerprint density at radius 1 is 1.07 bits per heavy atom. The van der Waals surface area contributed by atoms with E-state index in [2.05, 4.69) is 52.4 Å². The van der Waals surface area contributed by atoms with Gasteiger partial charge in [0.25, 0.3) is 0 Å². The van der Waals surface area contributed by atoms with Crippen LogP contribution >= 0.6 is 36.2 Å². The van der Waals surface area contributed by atoms with Crippen molar-refractivity contribution in [2.24, 2.45) is 0 Å². The summed E-state index contributed by atoms with van der Waals surface area (Å²) < 4.78 is 0. The van der Waals surface area contributed by atoms with Crippen LogP contribution in [-0.4, -0.2) is 47.7 Å². The lowest BCUT2D eigenvalue weighted by molar-refractivity contribution is 0.271. The van der Waals surface area contributed by atoms with Gasteiger partial charge in [0.1, 0.15) is 5.82 Å². The van der Waals surface area contributed by atoms with Crippen LogP contribution < -0.4 is 4.90 Å². The van der Waals surface area contributed by atoms with Crippen molar-refractivity contribution in [3.8, 4) is 11.3 Å². The van der Waals surface area contributed by atoms with Crippen LogP contribution in [0.15, 0.2) is 41.8 Å². The van der Waals surface area contributed by atoms with Gasteiger partial charge in [0.2, 0.25) is 0 Å². The summed E-state index contributed by atoms with van der Waals surface area (Å²) in [6, 6.07) is 12.7. The first-order valence-electron chi connectivity index (χ1n) is 8.84. The van der Waals surface area contributed by atoms with Gasteiger partial charge >= 0.3 is 0 Å². The molecule has 1 aliphatic rings. The van der Waals surface area contributed by atoms with Gasteiger partial charge in [-0.25, -0.2) is 4.98 Å². The number of likely N-dealkylation sites (N-methyl/N-ethyl adjacent to an activating group) is 1. The number of nitrogens with zero attached hydrogens (tertiary/aromatic N) is 3. The molecule has 1 saturated heterocycles. The summed E-state index contributed by atoms with van der Waals surface area (Å²) in [5.41, 5.74) is 2.08. The fourth-order valence-corrected chi connectivity index (χ4v) is 4.18. The highest BCUT2D eigenvalue weighted by atomic mass is 35.5. The number of anilines is 1. The van der Waals surface area contributed by atoms with E-state index in [0.29, 0.717) is 0 Å². The third-order valence-electron chi connectivity index (χ3n) is 4.94. The normalized spacial score (nSPS) is 14.7. The first-order chi connectivity index (χ1) is 12.3. The summed E-state index contributed by atoms with van der Waals surface area (Å²) in [7, 11) is 0. The predicted molar refractivity (Wildman–Crippen MR) is 120 cm³/mol. The molecule has 27 heavy (non-hydrogen) atoms. The Morgan fingerprint density at radius 3 is 2.48 bits per heavy atom. The van der Waals surface area contributed by atoms with E-state index in [-0.39, 0.29) is 31.4 Å². The van der Waals surface area contributed by atoms with Crippen LogP contribution in [0.4, 0.5) is 5.82 Å². The van der Waals surface area contributed by atoms with E-state index in [1.807, 2.05) is 6.07 Å². The van der Waals surface area contributed by atoms with Crippen LogP contribution in [0, 0.1) is 0 Å². The van der Waals surface area contributed by atoms with Crippen LogP contribution in [0.25, 0.3) is 22.0 Å². The van der Waals surface area contributed by atoms with Gasteiger partial charge in [-0.05, 0) is 24.1 Å². The number of piperazine rings is 1. The summed E-state index contributed by atoms with van der Waals surface area (Å²) in [5, 5.41) is 13.9. The Balaban J connectivity index is 0.00000131. The number of aliphatic hydroxyl groups excluding tert-OH is 1. The molecule has 2 aromatic heterocycles. The zero-order valence-corrected chi connectivity index (χ0v) is 17.7. The number of aromatic nitrogens is 1. The molecule has 146 valence electrons. The third-order valence-corrected chi connectivity index (χ3v) is 5.87. The van der Waals surface area contributed by atoms with Gasteiger partial charge in [0.05, 0.1) is 12.3 Å². The number of fused-ring (bicyclic) bond motifs is 1. The third kappa shape index (κ3) is 4.55. The van der Waals surface area contributed by atoms with Crippen molar-refractivity contribution in [1.29, 1.82) is 0 Å². The monoisotopic (exact) mass is 425 g/mol. The molecule has 0 spiro atoms. The maximum absolute atomic E-state index is 9.35. The maximum atomic E-state index is 9.35. The van der Waals surface area contributed by atoms with Crippen LogP contribution in [0.1, 0.15) is 11.8 Å². The van der Waals surface area contributed by atoms with Crippen molar-refractivity contribution in [3.63, 3.8) is 0 Å². The average Bonchev–Trinajstić information content (AvgIpc) is 3.16. The summed E-state index contributed by atoms with van der Waals surface area (Å²) in [6.07, 6.45) is 0. The van der Waals surface area contributed by atoms with Gasteiger partial charge in [-0.2, -0.15) is 0 Å². The molecule has 0 saturated carbocycles. The molecule has 0 unspecified atom stereocenters. The predicted octanol–water partition coefficient (Wildman–Crippen LogP) is 4.44. The van der Waals surface area contributed by atoms with Crippen molar-refractivity contribution in [2.75, 3.05) is 37.6 Å². The summed E-state index contributed by atoms with van der Waals surface area (Å²) >= 11 is 1.58. The Morgan fingerprint density at radius 2 is 1.81 bits per heavy atom. The average molecular weight is 426 g/mol. The highest BCUT2D eigenvalue weighted by molar-refractivity contribution is 7.10. The van der Waals surface area contributed by atoms with Gasteiger partial charge in [0, 0.05) is 47.4 Å². The molecule has 0 aliphatic carbocycles. The van der Waals surface area contributed by atoms with Crippen LogP contribution in [0.2, 0.25) is 0 Å². The van der Waals surface area contributed by atoms with Gasteiger partial charge < -0.3 is 14.9 Å². The Bertz CT molecular complexity index is 879. The van der Waals surface area contributed by atoms with E-state index < -0.39 is 0 Å². The molecule has 0 atom stereocenters. The second-order valence-electron chi connectivity index (χ2n) is 6.43. The molecule has 3 aromatic rings. The largest absolute Gasteiger partial charge is 0.391 e. The number of thiophene rings is 1. The number of halogens is 2. The number of hydrogen-bond acceptors (Lipinski definition) is 5. The summed E-state index contributed by atoms with van der Waals surface area (Å²) in [4.78, 5) is 10.9. The summed E-state index contributed by atoms with van der Waals surface area (Å²) in [5.74, 6) is 1.08. The molecular weight excluding hydrogens is 401 g/mol. The number of hydrogen-bond donors (Lipinski definition) is 1. The van der Waals surface area contributed by atoms with Crippen molar-refractivity contribution < 1.29 is 5.11 Å². The van der Waals surface area contributed by atoms with Gasteiger partial charge in [-0.3, -0.25) is 0 Å². The van der Waals surface area contributed by atoms with Crippen molar-refractivity contribution in [1.82, 2.24) is 9.88 Å². The second-order valence-corrected chi connectivity index (χ2v) is 7.43. The lowest BCUT2D eigenvalue weighted by atomic mass is 10.1. The second kappa shape index (κ2) is 9.71. The SMILES string of the molecule is CCN1CCN(c2nc(-c3csc(CO)c3)cc3ccccc23)CC1.Cl.Cl. The molecule has 1 fully saturated rings. The van der Waals surface area contributed by atoms with Crippen LogP contribution in [-0.2, 0) is 6.61 Å². The minimum Gasteiger partial charge on any atom is -0.391 e. The van der Waals surface area contributed by atoms with Crippen molar-refractivity contribution in [2.45, 2.75) is 13.5 Å². The van der Waals surface area contributed by atoms with E-state index in [0.717, 1.165) is 54.7 Å². The number of benzene rings is 1. The van der Waals surface area contributed by atoms with Gasteiger partial charge in [0.15, 0.2) is 0 Å². The lowest BCUT2D eigenvalue weighted by Crippen LogP contribution is -2.46. The molecule has 0 amide bonds. The van der Waals surface area contributed by atoms with E-state index in [4.69, 9.17) is 4.98 Å². The topological polar surface area (TPSA) is 39.6 Å². The number of aliphatic hydroxyl groups is 1. The molecular formula is C20H25Cl2N3OS.